The van der Waals surface area contributed by atoms with Gasteiger partial charge in [0.15, 0.2) is 0 Å². The number of aromatic nitrogens is 2. The Bertz CT molecular complexity index is 1200. The van der Waals surface area contributed by atoms with Crippen molar-refractivity contribution in [2.75, 3.05) is 30.9 Å². The molecule has 2 unspecified atom stereocenters. The number of aryl methyl sites for hydroxylation is 1. The molecule has 2 atom stereocenters. The van der Waals surface area contributed by atoms with Gasteiger partial charge in [0.05, 0.1) is 22.6 Å². The Balaban J connectivity index is 1.82. The number of rotatable bonds is 5. The highest BCUT2D eigenvalue weighted by molar-refractivity contribution is 5.87. The fourth-order valence-electron chi connectivity index (χ4n) is 5.22. The standard InChI is InChI=1S/C22H29FN6O2/c1-12-17-15(20(30)29(24)21(31)28(17)14-6-7-14)10-16(23)18(12)27-9-8-13(11-27)19(25-4)22(2,3)26-5/h10,13-14,19,25H,6-9,11,24H2,1-4H3. The summed E-state index contributed by atoms with van der Waals surface area (Å²) < 4.78 is 17.5. The molecule has 166 valence electrons. The number of hydrogen-bond donors (Lipinski definition) is 2. The van der Waals surface area contributed by atoms with Crippen molar-refractivity contribution in [1.29, 1.82) is 0 Å². The average Bonchev–Trinajstić information content (AvgIpc) is 3.46. The van der Waals surface area contributed by atoms with Gasteiger partial charge in [-0.15, -0.1) is 0 Å². The molecule has 0 radical (unpaired) electrons. The number of likely N-dealkylation sites (N-methyl/N-ethyl adjacent to an activating group) is 1. The predicted octanol–water partition coefficient (Wildman–Crippen LogP) is 1.77. The second-order valence-corrected chi connectivity index (χ2v) is 9.31. The van der Waals surface area contributed by atoms with Crippen molar-refractivity contribution in [2.45, 2.75) is 57.7 Å². The maximum Gasteiger partial charge on any atom is 0.350 e. The zero-order valence-corrected chi connectivity index (χ0v) is 18.4. The highest BCUT2D eigenvalue weighted by Crippen LogP contribution is 2.40. The van der Waals surface area contributed by atoms with E-state index >= 15 is 4.39 Å². The van der Waals surface area contributed by atoms with Gasteiger partial charge in [-0.05, 0) is 39.3 Å². The molecule has 2 aliphatic rings. The summed E-state index contributed by atoms with van der Waals surface area (Å²) in [6, 6.07) is 1.17. The van der Waals surface area contributed by atoms with Crippen LogP contribution in [0.3, 0.4) is 0 Å². The van der Waals surface area contributed by atoms with Gasteiger partial charge in [0.1, 0.15) is 5.82 Å². The summed E-state index contributed by atoms with van der Waals surface area (Å²) in [5.41, 5.74) is -0.333. The van der Waals surface area contributed by atoms with Crippen molar-refractivity contribution >= 4 is 16.6 Å². The van der Waals surface area contributed by atoms with E-state index in [1.165, 1.54) is 6.07 Å². The zero-order chi connectivity index (χ0) is 22.7. The third kappa shape index (κ3) is 3.30. The Kier molecular flexibility index (Phi) is 5.09. The second kappa shape index (κ2) is 7.38. The lowest BCUT2D eigenvalue weighted by molar-refractivity contribution is 0.309. The lowest BCUT2D eigenvalue weighted by Gasteiger charge is -2.30. The van der Waals surface area contributed by atoms with Crippen molar-refractivity contribution in [3.05, 3.63) is 49.7 Å². The molecule has 0 spiro atoms. The predicted molar refractivity (Wildman–Crippen MR) is 119 cm³/mol. The van der Waals surface area contributed by atoms with E-state index in [9.17, 15) is 9.59 Å². The number of nitrogens with two attached hydrogens (primary N) is 1. The molecule has 8 nitrogen and oxygen atoms in total. The molecule has 1 saturated carbocycles. The lowest BCUT2D eigenvalue weighted by Crippen LogP contribution is -2.49. The second-order valence-electron chi connectivity index (χ2n) is 9.31. The zero-order valence-electron chi connectivity index (χ0n) is 18.4. The summed E-state index contributed by atoms with van der Waals surface area (Å²) >= 11 is 0. The van der Waals surface area contributed by atoms with Gasteiger partial charge in [-0.1, -0.05) is 0 Å². The highest BCUT2D eigenvalue weighted by atomic mass is 19.1. The van der Waals surface area contributed by atoms with Crippen LogP contribution in [0.5, 0.6) is 0 Å². The molecule has 1 aromatic heterocycles. The molecule has 1 aliphatic carbocycles. The Labute approximate surface area is 180 Å². The summed E-state index contributed by atoms with van der Waals surface area (Å²) in [5, 5.41) is 3.41. The largest absolute Gasteiger partial charge is 0.369 e. The molecular formula is C22H29FN6O2. The summed E-state index contributed by atoms with van der Waals surface area (Å²) in [6.45, 7) is 14.4. The minimum Gasteiger partial charge on any atom is -0.369 e. The van der Waals surface area contributed by atoms with Gasteiger partial charge in [-0.25, -0.2) is 15.8 Å². The molecule has 1 aliphatic heterocycles. The molecular weight excluding hydrogens is 399 g/mol. The Morgan fingerprint density at radius 3 is 2.58 bits per heavy atom. The number of nitrogens with one attached hydrogen (secondary N) is 1. The Morgan fingerprint density at radius 1 is 1.32 bits per heavy atom. The van der Waals surface area contributed by atoms with Crippen molar-refractivity contribution in [3.8, 4) is 0 Å². The van der Waals surface area contributed by atoms with Crippen LogP contribution in [0.2, 0.25) is 0 Å². The van der Waals surface area contributed by atoms with Gasteiger partial charge in [0.25, 0.3) is 5.56 Å². The van der Waals surface area contributed by atoms with E-state index in [1.807, 2.05) is 25.8 Å². The molecule has 3 N–H and O–H groups in total. The summed E-state index contributed by atoms with van der Waals surface area (Å²) in [4.78, 5) is 31.1. The Hall–Kier alpha value is -2.86. The molecule has 0 amide bonds. The highest BCUT2D eigenvalue weighted by Gasteiger charge is 2.43. The quantitative estimate of drug-likeness (QED) is 0.560. The van der Waals surface area contributed by atoms with Crippen LogP contribution in [0.4, 0.5) is 10.1 Å². The van der Waals surface area contributed by atoms with E-state index in [4.69, 9.17) is 12.4 Å². The maximum absolute atomic E-state index is 15.3. The van der Waals surface area contributed by atoms with Crippen LogP contribution in [-0.2, 0) is 0 Å². The van der Waals surface area contributed by atoms with E-state index in [0.29, 0.717) is 34.5 Å². The number of halogens is 1. The van der Waals surface area contributed by atoms with Crippen molar-refractivity contribution in [1.82, 2.24) is 14.6 Å². The van der Waals surface area contributed by atoms with Crippen LogP contribution in [0.25, 0.3) is 15.7 Å². The number of benzene rings is 1. The molecule has 9 heteroatoms. The van der Waals surface area contributed by atoms with Crippen LogP contribution >= 0.6 is 0 Å². The van der Waals surface area contributed by atoms with Gasteiger partial charge in [-0.2, -0.15) is 4.68 Å². The van der Waals surface area contributed by atoms with Gasteiger partial charge >= 0.3 is 5.69 Å². The molecule has 4 rings (SSSR count). The van der Waals surface area contributed by atoms with E-state index in [2.05, 4.69) is 10.2 Å². The van der Waals surface area contributed by atoms with Crippen LogP contribution in [0.1, 0.15) is 44.7 Å². The molecule has 2 aromatic rings. The summed E-state index contributed by atoms with van der Waals surface area (Å²) in [7, 11) is 1.86. The van der Waals surface area contributed by atoms with Gasteiger partial charge < -0.3 is 20.9 Å². The fraction of sp³-hybridized carbons (Fsp3) is 0.591. The van der Waals surface area contributed by atoms with E-state index in [-0.39, 0.29) is 23.4 Å². The van der Waals surface area contributed by atoms with Crippen LogP contribution < -0.4 is 27.3 Å². The SMILES string of the molecule is [C-]#[N+]C(C)(C)C(NC)C1CCN(c2c(F)cc3c(=O)n(N)c(=O)n(C4CC4)c3c2C)C1. The molecule has 31 heavy (non-hydrogen) atoms. The smallest absolute Gasteiger partial charge is 0.350 e. The van der Waals surface area contributed by atoms with Crippen LogP contribution in [-0.4, -0.2) is 41.0 Å². The fourth-order valence-corrected chi connectivity index (χ4v) is 5.22. The van der Waals surface area contributed by atoms with Crippen LogP contribution in [0.15, 0.2) is 15.7 Å². The van der Waals surface area contributed by atoms with E-state index in [0.717, 1.165) is 19.3 Å². The first-order valence-electron chi connectivity index (χ1n) is 10.7. The van der Waals surface area contributed by atoms with Crippen molar-refractivity contribution in [3.63, 3.8) is 0 Å². The number of nitrogens with zero attached hydrogens (tertiary/aromatic N) is 4. The van der Waals surface area contributed by atoms with Gasteiger partial charge in [0, 0.05) is 44.5 Å². The van der Waals surface area contributed by atoms with Crippen LogP contribution in [0, 0.1) is 25.2 Å². The van der Waals surface area contributed by atoms with E-state index in [1.54, 1.807) is 11.5 Å². The normalized spacial score (nSPS) is 20.3. The number of fused-ring (bicyclic) bond motifs is 1. The molecule has 0 bridgehead atoms. The van der Waals surface area contributed by atoms with Gasteiger partial charge in [-0.3, -0.25) is 9.36 Å². The molecule has 2 fully saturated rings. The number of hydrogen-bond acceptors (Lipinski definition) is 5. The molecule has 1 saturated heterocycles. The maximum atomic E-state index is 15.3. The minimum absolute atomic E-state index is 0.0122. The molecule has 1 aromatic carbocycles. The van der Waals surface area contributed by atoms with Crippen molar-refractivity contribution in [2.24, 2.45) is 5.92 Å². The first-order valence-corrected chi connectivity index (χ1v) is 10.7. The first kappa shape index (κ1) is 21.4. The number of nitrogen functional groups attached to an aromatic ring is 1. The topological polar surface area (TPSA) is 89.7 Å². The summed E-state index contributed by atoms with van der Waals surface area (Å²) in [5.74, 6) is 5.38. The first-order chi connectivity index (χ1) is 14.6. The minimum atomic E-state index is -0.682. The van der Waals surface area contributed by atoms with Crippen molar-refractivity contribution < 1.29 is 4.39 Å². The average molecular weight is 429 g/mol. The summed E-state index contributed by atoms with van der Waals surface area (Å²) in [6.07, 6.45) is 2.49. The third-order valence-corrected chi connectivity index (χ3v) is 6.85. The lowest BCUT2D eigenvalue weighted by atomic mass is 9.84. The molecule has 2 heterocycles. The monoisotopic (exact) mass is 428 g/mol. The van der Waals surface area contributed by atoms with Gasteiger partial charge in [0.2, 0.25) is 5.54 Å². The number of anilines is 1. The third-order valence-electron chi connectivity index (χ3n) is 6.85. The van der Waals surface area contributed by atoms with E-state index < -0.39 is 22.6 Å². The Morgan fingerprint density at radius 2 is 2.00 bits per heavy atom.